The standard InChI is InChI=1S/C16H18BrNO2S/c1-11-5-6-14(8-12(11)2)20-7-3-4-13(19)9-16-18-10-15(17)21-16/h5-6,8,10H,3-4,7,9H2,1-2H3. The highest BCUT2D eigenvalue weighted by molar-refractivity contribution is 9.11. The van der Waals surface area contributed by atoms with Gasteiger partial charge in [-0.25, -0.2) is 4.98 Å². The first-order valence-corrected chi connectivity index (χ1v) is 8.47. The number of hydrogen-bond acceptors (Lipinski definition) is 4. The Balaban J connectivity index is 1.69. The zero-order valence-corrected chi connectivity index (χ0v) is 14.6. The van der Waals surface area contributed by atoms with Gasteiger partial charge in [0.05, 0.1) is 23.0 Å². The molecule has 0 saturated carbocycles. The lowest BCUT2D eigenvalue weighted by atomic mass is 10.1. The lowest BCUT2D eigenvalue weighted by molar-refractivity contribution is -0.118. The molecule has 0 spiro atoms. The zero-order chi connectivity index (χ0) is 15.2. The summed E-state index contributed by atoms with van der Waals surface area (Å²) in [5, 5.41) is 0.863. The molecule has 0 fully saturated rings. The fourth-order valence-electron chi connectivity index (χ4n) is 1.89. The van der Waals surface area contributed by atoms with Crippen LogP contribution in [0.3, 0.4) is 0 Å². The number of rotatable bonds is 7. The minimum Gasteiger partial charge on any atom is -0.494 e. The van der Waals surface area contributed by atoms with Crippen molar-refractivity contribution in [3.05, 3.63) is 44.3 Å². The number of benzene rings is 1. The van der Waals surface area contributed by atoms with E-state index in [1.807, 2.05) is 12.1 Å². The summed E-state index contributed by atoms with van der Waals surface area (Å²) in [6.07, 6.45) is 3.41. The van der Waals surface area contributed by atoms with Gasteiger partial charge in [-0.1, -0.05) is 6.07 Å². The van der Waals surface area contributed by atoms with Crippen LogP contribution in [0.1, 0.15) is 29.0 Å². The van der Waals surface area contributed by atoms with Crippen molar-refractivity contribution in [3.63, 3.8) is 0 Å². The van der Waals surface area contributed by atoms with Crippen molar-refractivity contribution in [2.24, 2.45) is 0 Å². The van der Waals surface area contributed by atoms with Gasteiger partial charge in [0.25, 0.3) is 0 Å². The molecule has 1 heterocycles. The molecule has 2 aromatic rings. The van der Waals surface area contributed by atoms with Crippen LogP contribution in [0.5, 0.6) is 5.75 Å². The van der Waals surface area contributed by atoms with E-state index >= 15 is 0 Å². The number of aromatic nitrogens is 1. The fraction of sp³-hybridized carbons (Fsp3) is 0.375. The molecule has 2 rings (SSSR count). The first-order valence-electron chi connectivity index (χ1n) is 6.86. The number of hydrogen-bond donors (Lipinski definition) is 0. The Labute approximate surface area is 137 Å². The van der Waals surface area contributed by atoms with Crippen LogP contribution in [0.25, 0.3) is 0 Å². The quantitative estimate of drug-likeness (QED) is 0.676. The van der Waals surface area contributed by atoms with Gasteiger partial charge in [-0.15, -0.1) is 11.3 Å². The van der Waals surface area contributed by atoms with Crippen LogP contribution >= 0.6 is 27.3 Å². The van der Waals surface area contributed by atoms with E-state index in [1.165, 1.54) is 22.5 Å². The molecule has 0 atom stereocenters. The van der Waals surface area contributed by atoms with Gasteiger partial charge >= 0.3 is 0 Å². The molecule has 112 valence electrons. The number of nitrogens with zero attached hydrogens (tertiary/aromatic N) is 1. The predicted molar refractivity (Wildman–Crippen MR) is 89.2 cm³/mol. The number of Topliss-reactive ketones (excluding diaryl/α,β-unsaturated/α-hetero) is 1. The van der Waals surface area contributed by atoms with Gasteiger partial charge in [0, 0.05) is 6.42 Å². The van der Waals surface area contributed by atoms with Crippen molar-refractivity contribution in [3.8, 4) is 5.75 Å². The molecular weight excluding hydrogens is 350 g/mol. The van der Waals surface area contributed by atoms with E-state index in [9.17, 15) is 4.79 Å². The third-order valence-electron chi connectivity index (χ3n) is 3.22. The van der Waals surface area contributed by atoms with Crippen LogP contribution in [-0.4, -0.2) is 17.4 Å². The Morgan fingerprint density at radius 3 is 2.81 bits per heavy atom. The second-order valence-electron chi connectivity index (χ2n) is 4.97. The van der Waals surface area contributed by atoms with Crippen molar-refractivity contribution < 1.29 is 9.53 Å². The number of carbonyl (C=O) groups excluding carboxylic acids is 1. The molecule has 0 saturated heterocycles. The Morgan fingerprint density at radius 2 is 2.14 bits per heavy atom. The smallest absolute Gasteiger partial charge is 0.139 e. The molecule has 21 heavy (non-hydrogen) atoms. The lowest BCUT2D eigenvalue weighted by Crippen LogP contribution is -2.06. The number of ether oxygens (including phenoxy) is 1. The van der Waals surface area contributed by atoms with E-state index < -0.39 is 0 Å². The summed E-state index contributed by atoms with van der Waals surface area (Å²) in [7, 11) is 0. The van der Waals surface area contributed by atoms with Gasteiger partial charge in [-0.3, -0.25) is 4.79 Å². The summed E-state index contributed by atoms with van der Waals surface area (Å²) < 4.78 is 6.64. The van der Waals surface area contributed by atoms with E-state index in [2.05, 4.69) is 40.8 Å². The average molecular weight is 368 g/mol. The Morgan fingerprint density at radius 1 is 1.33 bits per heavy atom. The number of aryl methyl sites for hydroxylation is 2. The van der Waals surface area contributed by atoms with Crippen LogP contribution in [0.15, 0.2) is 28.2 Å². The van der Waals surface area contributed by atoms with Crippen LogP contribution in [0, 0.1) is 13.8 Å². The third-order valence-corrected chi connectivity index (χ3v) is 4.70. The third kappa shape index (κ3) is 5.25. The maximum atomic E-state index is 11.8. The normalized spacial score (nSPS) is 10.6. The molecule has 1 aromatic carbocycles. The maximum absolute atomic E-state index is 11.8. The fourth-order valence-corrected chi connectivity index (χ4v) is 3.22. The van der Waals surface area contributed by atoms with Crippen LogP contribution < -0.4 is 4.74 Å². The topological polar surface area (TPSA) is 39.2 Å². The van der Waals surface area contributed by atoms with E-state index in [-0.39, 0.29) is 5.78 Å². The maximum Gasteiger partial charge on any atom is 0.139 e. The van der Waals surface area contributed by atoms with Crippen molar-refractivity contribution in [2.45, 2.75) is 33.1 Å². The molecule has 0 N–H and O–H groups in total. The summed E-state index contributed by atoms with van der Waals surface area (Å²) in [6.45, 7) is 4.71. The molecule has 0 aliphatic carbocycles. The highest BCUT2D eigenvalue weighted by atomic mass is 79.9. The molecule has 0 aliphatic rings. The molecular formula is C16H18BrNO2S. The van der Waals surface area contributed by atoms with Crippen LogP contribution in [-0.2, 0) is 11.2 Å². The molecule has 0 unspecified atom stereocenters. The molecule has 0 bridgehead atoms. The average Bonchev–Trinajstić information content (AvgIpc) is 2.84. The molecule has 0 radical (unpaired) electrons. The second-order valence-corrected chi connectivity index (χ2v) is 7.47. The van der Waals surface area contributed by atoms with E-state index in [1.54, 1.807) is 6.20 Å². The Bertz CT molecular complexity index is 624. The van der Waals surface area contributed by atoms with Gasteiger partial charge in [0.2, 0.25) is 0 Å². The van der Waals surface area contributed by atoms with Gasteiger partial charge in [0.15, 0.2) is 0 Å². The minimum atomic E-state index is 0.209. The summed E-state index contributed by atoms with van der Waals surface area (Å²) in [5.41, 5.74) is 2.48. The minimum absolute atomic E-state index is 0.209. The number of ketones is 1. The number of carbonyl (C=O) groups is 1. The first kappa shape index (κ1) is 16.2. The monoisotopic (exact) mass is 367 g/mol. The lowest BCUT2D eigenvalue weighted by Gasteiger charge is -2.07. The highest BCUT2D eigenvalue weighted by Gasteiger charge is 2.07. The van der Waals surface area contributed by atoms with Gasteiger partial charge < -0.3 is 4.74 Å². The summed E-state index contributed by atoms with van der Waals surface area (Å²) in [4.78, 5) is 16.0. The molecule has 1 aromatic heterocycles. The van der Waals surface area contributed by atoms with Crippen LogP contribution in [0.2, 0.25) is 0 Å². The summed E-state index contributed by atoms with van der Waals surface area (Å²) in [5.74, 6) is 1.08. The molecule has 3 nitrogen and oxygen atoms in total. The highest BCUT2D eigenvalue weighted by Crippen LogP contribution is 2.20. The SMILES string of the molecule is Cc1ccc(OCCCC(=O)Cc2ncc(Br)s2)cc1C. The summed E-state index contributed by atoms with van der Waals surface area (Å²) >= 11 is 4.86. The number of thiazole rings is 1. The zero-order valence-electron chi connectivity index (χ0n) is 12.2. The molecule has 0 aliphatic heterocycles. The van der Waals surface area contributed by atoms with Crippen molar-refractivity contribution in [1.29, 1.82) is 0 Å². The van der Waals surface area contributed by atoms with Crippen molar-refractivity contribution in [2.75, 3.05) is 6.61 Å². The van der Waals surface area contributed by atoms with Crippen LogP contribution in [0.4, 0.5) is 0 Å². The summed E-state index contributed by atoms with van der Waals surface area (Å²) in [6, 6.07) is 6.05. The first-order chi connectivity index (χ1) is 10.0. The molecule has 0 amide bonds. The van der Waals surface area contributed by atoms with Crippen molar-refractivity contribution in [1.82, 2.24) is 4.98 Å². The largest absolute Gasteiger partial charge is 0.494 e. The van der Waals surface area contributed by atoms with E-state index in [0.717, 1.165) is 21.0 Å². The van der Waals surface area contributed by atoms with Gasteiger partial charge in [-0.2, -0.15) is 0 Å². The van der Waals surface area contributed by atoms with Crippen molar-refractivity contribution >= 4 is 33.0 Å². The Kier molecular flexibility index (Phi) is 5.94. The second kappa shape index (κ2) is 7.71. The molecule has 5 heteroatoms. The van der Waals surface area contributed by atoms with Gasteiger partial charge in [0.1, 0.15) is 16.5 Å². The van der Waals surface area contributed by atoms with E-state index in [0.29, 0.717) is 19.4 Å². The van der Waals surface area contributed by atoms with E-state index in [4.69, 9.17) is 4.74 Å². The Hall–Kier alpha value is -1.20. The van der Waals surface area contributed by atoms with Gasteiger partial charge in [-0.05, 0) is 59.5 Å². The predicted octanol–water partition coefficient (Wildman–Crippen LogP) is 4.49. The number of halogens is 1.